The third-order valence-electron chi connectivity index (χ3n) is 3.52. The molecule has 0 amide bonds. The molecule has 3 aromatic heterocycles. The summed E-state index contributed by atoms with van der Waals surface area (Å²) < 4.78 is 3.97. The molecule has 7 nitrogen and oxygen atoms in total. The zero-order chi connectivity index (χ0) is 16.6. The Morgan fingerprint density at radius 2 is 1.83 bits per heavy atom. The van der Waals surface area contributed by atoms with Gasteiger partial charge in [0.25, 0.3) is 5.56 Å². The molecule has 3 aromatic rings. The Morgan fingerprint density at radius 3 is 2.50 bits per heavy atom. The number of hydrogen-bond acceptors (Lipinski definition) is 5. The van der Waals surface area contributed by atoms with Crippen LogP contribution in [0, 0.1) is 0 Å². The van der Waals surface area contributed by atoms with Gasteiger partial charge in [-0.25, -0.2) is 9.78 Å². The summed E-state index contributed by atoms with van der Waals surface area (Å²) >= 11 is 1.31. The lowest BCUT2D eigenvalue weighted by Gasteiger charge is -2.08. The van der Waals surface area contributed by atoms with Gasteiger partial charge >= 0.3 is 5.69 Å². The fourth-order valence-corrected chi connectivity index (χ4v) is 3.19. The number of halogens is 1. The van der Waals surface area contributed by atoms with Crippen molar-refractivity contribution in [3.8, 4) is 16.5 Å². The maximum atomic E-state index is 12.3. The third-order valence-corrected chi connectivity index (χ3v) is 4.52. The van der Waals surface area contributed by atoms with Crippen LogP contribution in [-0.2, 0) is 20.6 Å². The second-order valence-corrected chi connectivity index (χ2v) is 6.20. The van der Waals surface area contributed by atoms with Gasteiger partial charge in [-0.2, -0.15) is 4.57 Å². The quantitative estimate of drug-likeness (QED) is 0.474. The highest BCUT2D eigenvalue weighted by atomic mass is 79.9. The van der Waals surface area contributed by atoms with E-state index >= 15 is 0 Å². The van der Waals surface area contributed by atoms with Crippen molar-refractivity contribution >= 4 is 11.3 Å². The Morgan fingerprint density at radius 1 is 1.17 bits per heavy atom. The highest BCUT2D eigenvalue weighted by Gasteiger charge is 2.20. The smallest absolute Gasteiger partial charge is 0.333 e. The van der Waals surface area contributed by atoms with Gasteiger partial charge in [-0.15, -0.1) is 11.3 Å². The number of aromatic hydroxyl groups is 1. The normalized spacial score (nSPS) is 10.4. The van der Waals surface area contributed by atoms with Crippen LogP contribution in [0.4, 0.5) is 0 Å². The molecule has 3 heterocycles. The third kappa shape index (κ3) is 3.17. The second kappa shape index (κ2) is 7.10. The van der Waals surface area contributed by atoms with E-state index in [2.05, 4.69) is 4.98 Å². The molecule has 0 unspecified atom stereocenters. The maximum Gasteiger partial charge on any atom is 0.333 e. The van der Waals surface area contributed by atoms with Crippen molar-refractivity contribution < 1.29 is 26.7 Å². The Balaban J connectivity index is 0.00000208. The SMILES string of the molecule is Cn1c(O)c(-c2ncc(C[n+]3ccccc3)s2)c(=O)n(C)c1=O.[Br-]. The van der Waals surface area contributed by atoms with E-state index in [1.54, 1.807) is 6.20 Å². The molecule has 0 bridgehead atoms. The zero-order valence-corrected chi connectivity index (χ0v) is 15.4. The van der Waals surface area contributed by atoms with Crippen LogP contribution in [0.25, 0.3) is 10.6 Å². The van der Waals surface area contributed by atoms with Crippen molar-refractivity contribution in [1.82, 2.24) is 14.1 Å². The summed E-state index contributed by atoms with van der Waals surface area (Å²) in [4.78, 5) is 29.2. The predicted octanol–water partition coefficient (Wildman–Crippen LogP) is -2.75. The maximum absolute atomic E-state index is 12.3. The minimum Gasteiger partial charge on any atom is -1.00 e. The zero-order valence-electron chi connectivity index (χ0n) is 13.0. The Kier molecular flexibility index (Phi) is 5.35. The van der Waals surface area contributed by atoms with Crippen LogP contribution in [0.1, 0.15) is 4.88 Å². The Hall–Kier alpha value is -2.26. The minimum absolute atomic E-state index is 0. The van der Waals surface area contributed by atoms with E-state index in [-0.39, 0.29) is 28.4 Å². The first kappa shape index (κ1) is 18.1. The molecule has 0 aliphatic heterocycles. The van der Waals surface area contributed by atoms with Crippen molar-refractivity contribution in [2.24, 2.45) is 14.1 Å². The van der Waals surface area contributed by atoms with Crippen molar-refractivity contribution in [3.05, 3.63) is 62.5 Å². The molecule has 0 aliphatic rings. The van der Waals surface area contributed by atoms with Gasteiger partial charge in [0.1, 0.15) is 10.6 Å². The van der Waals surface area contributed by atoms with E-state index in [1.807, 2.05) is 35.2 Å². The summed E-state index contributed by atoms with van der Waals surface area (Å²) in [6, 6.07) is 5.79. The number of rotatable bonds is 3. The van der Waals surface area contributed by atoms with Crippen LogP contribution in [0.15, 0.2) is 46.4 Å². The lowest BCUT2D eigenvalue weighted by atomic mass is 10.3. The molecule has 24 heavy (non-hydrogen) atoms. The van der Waals surface area contributed by atoms with Gasteiger partial charge in [-0.05, 0) is 0 Å². The standard InChI is InChI=1S/C15H14N4O3S.BrH/c1-17-13(20)11(14(21)18(2)15(17)22)12-16-8-10(23-12)9-19-6-4-3-5-7-19;/h3-8H,9H2,1-2H3;1H. The molecule has 0 radical (unpaired) electrons. The summed E-state index contributed by atoms with van der Waals surface area (Å²) in [5.41, 5.74) is -1.09. The summed E-state index contributed by atoms with van der Waals surface area (Å²) in [5, 5.41) is 10.5. The molecular formula is C15H15BrN4O3S. The van der Waals surface area contributed by atoms with Crippen LogP contribution in [0.5, 0.6) is 5.88 Å². The second-order valence-electron chi connectivity index (χ2n) is 5.08. The van der Waals surface area contributed by atoms with E-state index < -0.39 is 11.2 Å². The van der Waals surface area contributed by atoms with E-state index in [0.29, 0.717) is 11.6 Å². The molecule has 0 spiro atoms. The minimum atomic E-state index is -0.576. The van der Waals surface area contributed by atoms with Crippen LogP contribution in [-0.4, -0.2) is 19.2 Å². The van der Waals surface area contributed by atoms with E-state index in [4.69, 9.17) is 0 Å². The lowest BCUT2D eigenvalue weighted by molar-refractivity contribution is -0.687. The number of nitrogens with zero attached hydrogens (tertiary/aromatic N) is 4. The Bertz CT molecular complexity index is 979. The van der Waals surface area contributed by atoms with E-state index in [1.165, 1.54) is 25.4 Å². The summed E-state index contributed by atoms with van der Waals surface area (Å²) in [6.07, 6.45) is 5.54. The molecular weight excluding hydrogens is 396 g/mol. The molecule has 0 saturated heterocycles. The molecule has 0 aliphatic carbocycles. The first-order chi connectivity index (χ1) is 11.0. The average molecular weight is 411 g/mol. The van der Waals surface area contributed by atoms with E-state index in [0.717, 1.165) is 14.0 Å². The fourth-order valence-electron chi connectivity index (χ4n) is 2.24. The summed E-state index contributed by atoms with van der Waals surface area (Å²) in [5.74, 6) is -0.369. The van der Waals surface area contributed by atoms with Crippen LogP contribution < -0.4 is 32.8 Å². The van der Waals surface area contributed by atoms with E-state index in [9.17, 15) is 14.7 Å². The van der Waals surface area contributed by atoms with Gasteiger partial charge in [0.2, 0.25) is 5.88 Å². The average Bonchev–Trinajstić information content (AvgIpc) is 3.00. The van der Waals surface area contributed by atoms with Gasteiger partial charge in [0, 0.05) is 32.4 Å². The fraction of sp³-hybridized carbons (Fsp3) is 0.200. The van der Waals surface area contributed by atoms with Gasteiger partial charge in [-0.3, -0.25) is 13.9 Å². The van der Waals surface area contributed by atoms with Crippen LogP contribution in [0.2, 0.25) is 0 Å². The Labute approximate surface area is 151 Å². The molecule has 0 fully saturated rings. The molecule has 0 saturated carbocycles. The molecule has 3 rings (SSSR count). The topological polar surface area (TPSA) is 81.0 Å². The molecule has 126 valence electrons. The van der Waals surface area contributed by atoms with Gasteiger partial charge in [-0.1, -0.05) is 6.07 Å². The van der Waals surface area contributed by atoms with Gasteiger partial charge < -0.3 is 22.1 Å². The predicted molar refractivity (Wildman–Crippen MR) is 85.4 cm³/mol. The van der Waals surface area contributed by atoms with Crippen molar-refractivity contribution in [3.63, 3.8) is 0 Å². The first-order valence-corrected chi connectivity index (χ1v) is 7.69. The largest absolute Gasteiger partial charge is 1.00 e. The monoisotopic (exact) mass is 410 g/mol. The van der Waals surface area contributed by atoms with Crippen LogP contribution in [0.3, 0.4) is 0 Å². The summed E-state index contributed by atoms with van der Waals surface area (Å²) in [7, 11) is 2.79. The first-order valence-electron chi connectivity index (χ1n) is 6.87. The van der Waals surface area contributed by atoms with Crippen molar-refractivity contribution in [2.45, 2.75) is 6.54 Å². The molecule has 1 N–H and O–H groups in total. The van der Waals surface area contributed by atoms with Gasteiger partial charge in [0.15, 0.2) is 18.9 Å². The van der Waals surface area contributed by atoms with Gasteiger partial charge in [0.05, 0.1) is 4.88 Å². The lowest BCUT2D eigenvalue weighted by Crippen LogP contribution is -3.00. The number of hydrogen-bond donors (Lipinski definition) is 1. The molecule has 9 heteroatoms. The highest BCUT2D eigenvalue weighted by Crippen LogP contribution is 2.27. The number of thiazole rings is 1. The number of pyridine rings is 1. The molecule has 0 aromatic carbocycles. The van der Waals surface area contributed by atoms with Crippen molar-refractivity contribution in [1.29, 1.82) is 0 Å². The number of aromatic nitrogens is 4. The molecule has 0 atom stereocenters. The van der Waals surface area contributed by atoms with Crippen molar-refractivity contribution in [2.75, 3.05) is 0 Å². The van der Waals surface area contributed by atoms with Crippen LogP contribution >= 0.6 is 11.3 Å². The highest BCUT2D eigenvalue weighted by molar-refractivity contribution is 7.15. The summed E-state index contributed by atoms with van der Waals surface area (Å²) in [6.45, 7) is 0.616.